The molecule has 0 saturated heterocycles. The van der Waals surface area contributed by atoms with Gasteiger partial charge in [0.25, 0.3) is 4.52 Å². The second-order valence-electron chi connectivity index (χ2n) is 3.93. The highest BCUT2D eigenvalue weighted by Crippen LogP contribution is 2.29. The third-order valence-electron chi connectivity index (χ3n) is 2.34. The van der Waals surface area contributed by atoms with Crippen molar-refractivity contribution in [3.8, 4) is 0 Å². The number of ketones is 1. The Morgan fingerprint density at radius 3 is 2.47 bits per heavy atom. The number of alkyl halides is 2. The third-order valence-corrected chi connectivity index (χ3v) is 2.87. The van der Waals surface area contributed by atoms with Gasteiger partial charge in [-0.2, -0.15) is 0 Å². The molecule has 1 unspecified atom stereocenters. The summed E-state index contributed by atoms with van der Waals surface area (Å²) in [7, 11) is 0. The van der Waals surface area contributed by atoms with Crippen molar-refractivity contribution in [2.45, 2.75) is 37.3 Å². The fraction of sp³-hybridized carbons (Fsp3) is 0.462. The number of carbonyl (C=O) groups excluding carboxylic acids is 1. The predicted molar refractivity (Wildman–Crippen MR) is 70.7 cm³/mol. The van der Waals surface area contributed by atoms with Crippen molar-refractivity contribution in [1.82, 2.24) is 0 Å². The number of Topliss-reactive ketones (excluding diaryl/α,β-unsaturated/α-hetero) is 1. The lowest BCUT2D eigenvalue weighted by molar-refractivity contribution is 0.0158. The van der Waals surface area contributed by atoms with E-state index in [0.717, 1.165) is 12.8 Å². The third kappa shape index (κ3) is 4.30. The molecule has 2 nitrogen and oxygen atoms in total. The van der Waals surface area contributed by atoms with Gasteiger partial charge in [0.2, 0.25) is 5.78 Å². The molecule has 1 aromatic carbocycles. The number of hydrogen-bond acceptors (Lipinski definition) is 2. The average Bonchev–Trinajstić information content (AvgIpc) is 2.28. The van der Waals surface area contributed by atoms with Gasteiger partial charge in [-0.3, -0.25) is 4.79 Å². The predicted octanol–water partition coefficient (Wildman–Crippen LogP) is 4.21. The summed E-state index contributed by atoms with van der Waals surface area (Å²) in [5, 5.41) is 0. The van der Waals surface area contributed by atoms with Crippen LogP contribution in [0.1, 0.15) is 37.0 Å². The van der Waals surface area contributed by atoms with E-state index >= 15 is 0 Å². The van der Waals surface area contributed by atoms with Crippen LogP contribution in [0, 0.1) is 0 Å². The molecule has 0 saturated carbocycles. The smallest absolute Gasteiger partial charge is 0.283 e. The van der Waals surface area contributed by atoms with Crippen molar-refractivity contribution >= 4 is 29.0 Å². The Bertz CT molecular complexity index is 363. The monoisotopic (exact) mass is 274 g/mol. The molecule has 0 radical (unpaired) electrons. The maximum atomic E-state index is 12.0. The van der Waals surface area contributed by atoms with E-state index in [4.69, 9.17) is 27.9 Å². The van der Waals surface area contributed by atoms with Crippen LogP contribution in [-0.2, 0) is 4.74 Å². The first-order valence-corrected chi connectivity index (χ1v) is 6.38. The van der Waals surface area contributed by atoms with Gasteiger partial charge < -0.3 is 4.74 Å². The molecule has 0 heterocycles. The summed E-state index contributed by atoms with van der Waals surface area (Å²) in [5.41, 5.74) is 0.446. The maximum absolute atomic E-state index is 12.0. The molecule has 94 valence electrons. The summed E-state index contributed by atoms with van der Waals surface area (Å²) >= 11 is 11.9. The molecule has 1 rings (SSSR count). The number of hydrogen-bond donors (Lipinski definition) is 0. The Kier molecular flexibility index (Phi) is 5.44. The van der Waals surface area contributed by atoms with Gasteiger partial charge in [0.05, 0.1) is 6.10 Å². The number of ether oxygens (including phenoxy) is 1. The highest BCUT2D eigenvalue weighted by atomic mass is 35.5. The van der Waals surface area contributed by atoms with Crippen molar-refractivity contribution in [3.63, 3.8) is 0 Å². The SMILES string of the molecule is CCCC(C)OC(Cl)(Cl)C(=O)c1ccccc1. The van der Waals surface area contributed by atoms with Gasteiger partial charge in [0.1, 0.15) is 0 Å². The largest absolute Gasteiger partial charge is 0.337 e. The van der Waals surface area contributed by atoms with Crippen LogP contribution in [0.4, 0.5) is 0 Å². The lowest BCUT2D eigenvalue weighted by Crippen LogP contribution is -2.33. The van der Waals surface area contributed by atoms with Crippen LogP contribution in [-0.4, -0.2) is 16.4 Å². The molecule has 1 aromatic rings. The van der Waals surface area contributed by atoms with E-state index in [2.05, 4.69) is 0 Å². The van der Waals surface area contributed by atoms with Crippen molar-refractivity contribution in [3.05, 3.63) is 35.9 Å². The number of rotatable bonds is 6. The zero-order valence-electron chi connectivity index (χ0n) is 9.95. The van der Waals surface area contributed by atoms with E-state index in [0.29, 0.717) is 5.56 Å². The van der Waals surface area contributed by atoms with Crippen molar-refractivity contribution < 1.29 is 9.53 Å². The van der Waals surface area contributed by atoms with Crippen LogP contribution in [0.2, 0.25) is 0 Å². The summed E-state index contributed by atoms with van der Waals surface area (Å²) in [5.74, 6) is -0.426. The molecule has 4 heteroatoms. The molecule has 17 heavy (non-hydrogen) atoms. The molecule has 0 aromatic heterocycles. The molecule has 0 aliphatic carbocycles. The zero-order valence-corrected chi connectivity index (χ0v) is 11.5. The van der Waals surface area contributed by atoms with Gasteiger partial charge in [-0.1, -0.05) is 66.9 Å². The Morgan fingerprint density at radius 2 is 1.94 bits per heavy atom. The summed E-state index contributed by atoms with van der Waals surface area (Å²) < 4.78 is 3.57. The zero-order chi connectivity index (χ0) is 12.9. The minimum Gasteiger partial charge on any atom is -0.337 e. The molecule has 1 atom stereocenters. The van der Waals surface area contributed by atoms with Crippen molar-refractivity contribution in [2.75, 3.05) is 0 Å². The first-order chi connectivity index (χ1) is 7.97. The number of carbonyl (C=O) groups is 1. The van der Waals surface area contributed by atoms with Crippen LogP contribution in [0.5, 0.6) is 0 Å². The van der Waals surface area contributed by atoms with E-state index in [1.807, 2.05) is 19.9 Å². The molecule has 0 aliphatic rings. The van der Waals surface area contributed by atoms with E-state index in [1.54, 1.807) is 24.3 Å². The second-order valence-corrected chi connectivity index (χ2v) is 5.19. The van der Waals surface area contributed by atoms with Crippen LogP contribution in [0.25, 0.3) is 0 Å². The molecule has 0 bridgehead atoms. The summed E-state index contributed by atoms with van der Waals surface area (Å²) in [6.45, 7) is 3.88. The number of benzene rings is 1. The Labute approximate surface area is 112 Å². The first kappa shape index (κ1) is 14.5. The summed E-state index contributed by atoms with van der Waals surface area (Å²) in [6.07, 6.45) is 1.61. The summed E-state index contributed by atoms with van der Waals surface area (Å²) in [6, 6.07) is 8.66. The Hall–Kier alpha value is -0.570. The molecule has 0 aliphatic heterocycles. The maximum Gasteiger partial charge on any atom is 0.283 e. The van der Waals surface area contributed by atoms with Crippen LogP contribution < -0.4 is 0 Å². The van der Waals surface area contributed by atoms with E-state index < -0.39 is 10.3 Å². The van der Waals surface area contributed by atoms with Crippen LogP contribution in [0.3, 0.4) is 0 Å². The molecule has 0 N–H and O–H groups in total. The topological polar surface area (TPSA) is 26.3 Å². The van der Waals surface area contributed by atoms with Gasteiger partial charge >= 0.3 is 0 Å². The molecular formula is C13H16Cl2O2. The standard InChI is InChI=1S/C13H16Cl2O2/c1-3-7-10(2)17-13(14,15)12(16)11-8-5-4-6-9-11/h4-6,8-10H,3,7H2,1-2H3. The average molecular weight is 275 g/mol. The van der Waals surface area contributed by atoms with E-state index in [9.17, 15) is 4.79 Å². The summed E-state index contributed by atoms with van der Waals surface area (Å²) in [4.78, 5) is 12.0. The first-order valence-electron chi connectivity index (χ1n) is 5.63. The van der Waals surface area contributed by atoms with Gasteiger partial charge in [-0.25, -0.2) is 0 Å². The van der Waals surface area contributed by atoms with Gasteiger partial charge in [-0.05, 0) is 13.3 Å². The van der Waals surface area contributed by atoms with Crippen molar-refractivity contribution in [2.24, 2.45) is 0 Å². The fourth-order valence-electron chi connectivity index (χ4n) is 1.53. The molecule has 0 spiro atoms. The van der Waals surface area contributed by atoms with E-state index in [1.165, 1.54) is 0 Å². The Balaban J connectivity index is 2.73. The lowest BCUT2D eigenvalue weighted by Gasteiger charge is -2.23. The van der Waals surface area contributed by atoms with Crippen molar-refractivity contribution in [1.29, 1.82) is 0 Å². The van der Waals surface area contributed by atoms with Gasteiger partial charge in [0, 0.05) is 5.56 Å². The second kappa shape index (κ2) is 6.39. The molecule has 0 fully saturated rings. The minimum atomic E-state index is -1.81. The minimum absolute atomic E-state index is 0.150. The highest BCUT2D eigenvalue weighted by molar-refractivity contribution is 6.58. The van der Waals surface area contributed by atoms with Crippen LogP contribution >= 0.6 is 23.2 Å². The molecule has 0 amide bonds. The van der Waals surface area contributed by atoms with Crippen LogP contribution in [0.15, 0.2) is 30.3 Å². The number of halogens is 2. The molecular weight excluding hydrogens is 259 g/mol. The lowest BCUT2D eigenvalue weighted by atomic mass is 10.1. The normalized spacial score (nSPS) is 13.4. The Morgan fingerprint density at radius 1 is 1.35 bits per heavy atom. The van der Waals surface area contributed by atoms with Gasteiger partial charge in [0.15, 0.2) is 0 Å². The fourth-order valence-corrected chi connectivity index (χ4v) is 2.05. The van der Waals surface area contributed by atoms with E-state index in [-0.39, 0.29) is 6.10 Å². The highest BCUT2D eigenvalue weighted by Gasteiger charge is 2.37. The van der Waals surface area contributed by atoms with Gasteiger partial charge in [-0.15, -0.1) is 0 Å². The quantitative estimate of drug-likeness (QED) is 0.574.